The van der Waals surface area contributed by atoms with Crippen LogP contribution in [0.3, 0.4) is 0 Å². The Morgan fingerprint density at radius 1 is 0.594 bits per heavy atom. The molecule has 0 spiro atoms. The van der Waals surface area contributed by atoms with Gasteiger partial charge in [0.15, 0.2) is 0 Å². The number of phenolic OH excluding ortho intramolecular Hbond substituents is 2. The normalized spacial score (nSPS) is 45.8. The molecule has 0 amide bonds. The molecule has 32 heavy (non-hydrogen) atoms. The smallest absolute Gasteiger partial charge is 0.127 e. The topological polar surface area (TPSA) is 40.5 Å². The molecule has 8 bridgehead atoms. The quantitative estimate of drug-likeness (QED) is 0.497. The Morgan fingerprint density at radius 3 is 1.50 bits per heavy atom. The van der Waals surface area contributed by atoms with Crippen molar-refractivity contribution in [3.8, 4) is 11.5 Å². The van der Waals surface area contributed by atoms with E-state index in [1.165, 1.54) is 82.6 Å². The molecule has 2 heteroatoms. The molecule has 10 rings (SSSR count). The van der Waals surface area contributed by atoms with Gasteiger partial charge in [-0.2, -0.15) is 0 Å². The average Bonchev–Trinajstić information content (AvgIpc) is 2.74. The molecule has 168 valence electrons. The maximum atomic E-state index is 11.7. The lowest BCUT2D eigenvalue weighted by atomic mass is 9.47. The van der Waals surface area contributed by atoms with Crippen LogP contribution < -0.4 is 0 Å². The van der Waals surface area contributed by atoms with Gasteiger partial charge in [-0.25, -0.2) is 0 Å². The maximum Gasteiger partial charge on any atom is 0.127 e. The molecule has 0 aliphatic heterocycles. The molecule has 8 saturated carbocycles. The second-order valence-corrected chi connectivity index (χ2v) is 13.4. The summed E-state index contributed by atoms with van der Waals surface area (Å²) < 4.78 is 0. The van der Waals surface area contributed by atoms with Crippen molar-refractivity contribution >= 4 is 10.8 Å². The van der Waals surface area contributed by atoms with Crippen molar-refractivity contribution in [2.75, 3.05) is 0 Å². The van der Waals surface area contributed by atoms with E-state index in [4.69, 9.17) is 0 Å². The second kappa shape index (κ2) is 6.05. The minimum Gasteiger partial charge on any atom is -0.507 e. The van der Waals surface area contributed by atoms with Crippen molar-refractivity contribution in [3.63, 3.8) is 0 Å². The Bertz CT molecular complexity index is 1060. The summed E-state index contributed by atoms with van der Waals surface area (Å²) >= 11 is 0. The van der Waals surface area contributed by atoms with Crippen LogP contribution in [0.4, 0.5) is 0 Å². The van der Waals surface area contributed by atoms with Gasteiger partial charge in [-0.1, -0.05) is 18.2 Å². The van der Waals surface area contributed by atoms with Gasteiger partial charge in [0.2, 0.25) is 0 Å². The molecular weight excluding hydrogens is 392 g/mol. The average molecular weight is 429 g/mol. The zero-order valence-electron chi connectivity index (χ0n) is 19.2. The van der Waals surface area contributed by atoms with Crippen molar-refractivity contribution < 1.29 is 10.2 Å². The number of fused-ring (bicyclic) bond motifs is 1. The highest BCUT2D eigenvalue weighted by molar-refractivity contribution is 5.97. The second-order valence-electron chi connectivity index (χ2n) is 13.4. The monoisotopic (exact) mass is 428 g/mol. The fraction of sp³-hybridized carbons (Fsp3) is 0.667. The van der Waals surface area contributed by atoms with Crippen LogP contribution in [-0.2, 0) is 10.8 Å². The van der Waals surface area contributed by atoms with E-state index in [-0.39, 0.29) is 10.8 Å². The van der Waals surface area contributed by atoms with Gasteiger partial charge in [-0.05, 0) is 135 Å². The van der Waals surface area contributed by atoms with Crippen LogP contribution in [0.25, 0.3) is 10.8 Å². The van der Waals surface area contributed by atoms with E-state index >= 15 is 0 Å². The highest BCUT2D eigenvalue weighted by Crippen LogP contribution is 2.65. The summed E-state index contributed by atoms with van der Waals surface area (Å²) in [4.78, 5) is 0. The Morgan fingerprint density at radius 2 is 1.03 bits per heavy atom. The Hall–Kier alpha value is -1.70. The number of benzene rings is 2. The summed E-state index contributed by atoms with van der Waals surface area (Å²) in [5, 5.41) is 25.2. The molecule has 0 unspecified atom stereocenters. The molecule has 2 N–H and O–H groups in total. The van der Waals surface area contributed by atoms with Crippen LogP contribution in [0.5, 0.6) is 11.5 Å². The molecule has 0 heterocycles. The summed E-state index contributed by atoms with van der Waals surface area (Å²) in [7, 11) is 0. The van der Waals surface area contributed by atoms with Gasteiger partial charge < -0.3 is 10.2 Å². The lowest BCUT2D eigenvalue weighted by Crippen LogP contribution is -2.48. The highest BCUT2D eigenvalue weighted by Gasteiger charge is 2.54. The number of hydrogen-bond acceptors (Lipinski definition) is 2. The fourth-order valence-electron chi connectivity index (χ4n) is 11.2. The molecule has 2 aromatic carbocycles. The highest BCUT2D eigenvalue weighted by atomic mass is 16.3. The predicted octanol–water partition coefficient (Wildman–Crippen LogP) is 7.19. The van der Waals surface area contributed by atoms with Crippen molar-refractivity contribution in [1.82, 2.24) is 0 Å². The summed E-state index contributed by atoms with van der Waals surface area (Å²) in [6, 6.07) is 8.56. The van der Waals surface area contributed by atoms with Gasteiger partial charge in [-0.15, -0.1) is 0 Å². The molecule has 8 aliphatic rings. The van der Waals surface area contributed by atoms with E-state index in [9.17, 15) is 10.2 Å². The van der Waals surface area contributed by atoms with E-state index in [1.807, 2.05) is 6.07 Å². The molecule has 0 aromatic heterocycles. The van der Waals surface area contributed by atoms with Gasteiger partial charge in [0.05, 0.1) is 0 Å². The third kappa shape index (κ3) is 2.37. The third-order valence-electron chi connectivity index (χ3n) is 11.3. The molecule has 2 aromatic rings. The van der Waals surface area contributed by atoms with Crippen LogP contribution in [0.1, 0.15) is 88.2 Å². The maximum absolute atomic E-state index is 11.7. The van der Waals surface area contributed by atoms with Crippen LogP contribution in [0, 0.1) is 35.5 Å². The Labute approximate surface area is 191 Å². The number of aromatic hydroxyl groups is 2. The first-order valence-corrected chi connectivity index (χ1v) is 13.5. The lowest BCUT2D eigenvalue weighted by Gasteiger charge is -2.57. The van der Waals surface area contributed by atoms with Crippen LogP contribution in [0.2, 0.25) is 0 Å². The zero-order chi connectivity index (χ0) is 21.2. The first-order chi connectivity index (χ1) is 15.5. The molecule has 0 saturated heterocycles. The van der Waals surface area contributed by atoms with Crippen molar-refractivity contribution in [1.29, 1.82) is 0 Å². The Kier molecular flexibility index (Phi) is 3.53. The van der Waals surface area contributed by atoms with Gasteiger partial charge in [0.1, 0.15) is 11.5 Å². The van der Waals surface area contributed by atoms with Gasteiger partial charge in [0.25, 0.3) is 0 Å². The van der Waals surface area contributed by atoms with Gasteiger partial charge in [0, 0.05) is 16.3 Å². The predicted molar refractivity (Wildman–Crippen MR) is 127 cm³/mol. The summed E-state index contributed by atoms with van der Waals surface area (Å²) in [6.07, 6.45) is 16.0. The molecule has 0 atom stereocenters. The van der Waals surface area contributed by atoms with Crippen molar-refractivity contribution in [2.24, 2.45) is 35.5 Å². The van der Waals surface area contributed by atoms with Gasteiger partial charge >= 0.3 is 0 Å². The first kappa shape index (κ1) is 18.7. The van der Waals surface area contributed by atoms with E-state index in [1.54, 1.807) is 0 Å². The molecule has 2 nitrogen and oxygen atoms in total. The third-order valence-corrected chi connectivity index (χ3v) is 11.3. The molecule has 8 fully saturated rings. The SMILES string of the molecule is Oc1c(C23CC4CC(CC(C4)C2)C3)cc(O)c2c(C34CC5CC(CC(C5)C3)C4)cccc12. The molecular formula is C30H36O2. The number of hydrogen-bond donors (Lipinski definition) is 2. The van der Waals surface area contributed by atoms with E-state index in [0.29, 0.717) is 11.5 Å². The van der Waals surface area contributed by atoms with Crippen LogP contribution >= 0.6 is 0 Å². The summed E-state index contributed by atoms with van der Waals surface area (Å²) in [5.74, 6) is 6.04. The minimum atomic E-state index is 0.0984. The lowest BCUT2D eigenvalue weighted by molar-refractivity contribution is -0.00616. The largest absolute Gasteiger partial charge is 0.507 e. The summed E-state index contributed by atoms with van der Waals surface area (Å²) in [6.45, 7) is 0. The first-order valence-electron chi connectivity index (χ1n) is 13.5. The van der Waals surface area contributed by atoms with Gasteiger partial charge in [-0.3, -0.25) is 0 Å². The van der Waals surface area contributed by atoms with Crippen LogP contribution in [-0.4, -0.2) is 10.2 Å². The Balaban J connectivity index is 1.30. The van der Waals surface area contributed by atoms with Crippen molar-refractivity contribution in [2.45, 2.75) is 87.9 Å². The molecule has 0 radical (unpaired) electrons. The number of phenols is 2. The van der Waals surface area contributed by atoms with E-state index in [2.05, 4.69) is 18.2 Å². The standard InChI is InChI=1S/C30H36O2/c31-26-10-25(30-14-20-7-21(15-30)9-22(8-20)16-30)28(32)23-2-1-3-24(27(23)26)29-11-17-4-18(12-29)6-19(5-17)13-29/h1-3,10,17-22,31-32H,4-9,11-16H2. The number of rotatable bonds is 2. The molecule has 8 aliphatic carbocycles. The van der Waals surface area contributed by atoms with Crippen LogP contribution in [0.15, 0.2) is 24.3 Å². The minimum absolute atomic E-state index is 0.0984. The van der Waals surface area contributed by atoms with E-state index in [0.717, 1.165) is 51.8 Å². The summed E-state index contributed by atoms with van der Waals surface area (Å²) in [5.41, 5.74) is 2.74. The zero-order valence-corrected chi connectivity index (χ0v) is 19.2. The van der Waals surface area contributed by atoms with E-state index < -0.39 is 0 Å². The van der Waals surface area contributed by atoms with Crippen molar-refractivity contribution in [3.05, 3.63) is 35.4 Å². The fourth-order valence-corrected chi connectivity index (χ4v) is 11.2.